The Morgan fingerprint density at radius 1 is 1.38 bits per heavy atom. The summed E-state index contributed by atoms with van der Waals surface area (Å²) in [5.41, 5.74) is -2.01. The summed E-state index contributed by atoms with van der Waals surface area (Å²) < 4.78 is 4.92. The Labute approximate surface area is 93.6 Å². The molecule has 0 radical (unpaired) electrons. The smallest absolute Gasteiger partial charge is 0.408 e. The molecule has 1 fully saturated rings. The molecule has 1 amide bonds. The lowest BCUT2D eigenvalue weighted by molar-refractivity contribution is -0.143. The summed E-state index contributed by atoms with van der Waals surface area (Å²) in [5, 5.41) is 20.7. The molecule has 0 aliphatic heterocycles. The van der Waals surface area contributed by atoms with E-state index in [9.17, 15) is 14.7 Å². The van der Waals surface area contributed by atoms with Crippen molar-refractivity contribution in [3.63, 3.8) is 0 Å². The number of amides is 1. The second-order valence-electron chi connectivity index (χ2n) is 5.02. The van der Waals surface area contributed by atoms with Crippen LogP contribution in [-0.2, 0) is 9.53 Å². The fraction of sp³-hybridized carbons (Fsp3) is 0.800. The highest BCUT2D eigenvalue weighted by molar-refractivity contribution is 5.82. The average Bonchev–Trinajstić information content (AvgIpc) is 2.76. The van der Waals surface area contributed by atoms with Crippen LogP contribution in [0.5, 0.6) is 0 Å². The van der Waals surface area contributed by atoms with Crippen molar-refractivity contribution >= 4 is 12.1 Å². The summed E-state index contributed by atoms with van der Waals surface area (Å²) in [7, 11) is 0. The van der Waals surface area contributed by atoms with Crippen LogP contribution in [0.2, 0.25) is 0 Å². The monoisotopic (exact) mass is 231 g/mol. The Morgan fingerprint density at radius 3 is 2.19 bits per heavy atom. The van der Waals surface area contributed by atoms with Gasteiger partial charge in [-0.15, -0.1) is 0 Å². The van der Waals surface area contributed by atoms with Crippen molar-refractivity contribution in [2.45, 2.75) is 50.9 Å². The zero-order chi connectivity index (χ0) is 12.6. The van der Waals surface area contributed by atoms with Crippen LogP contribution in [0.4, 0.5) is 4.79 Å². The summed E-state index contributed by atoms with van der Waals surface area (Å²) >= 11 is 0. The van der Waals surface area contributed by atoms with Gasteiger partial charge in [0.05, 0.1) is 5.60 Å². The molecule has 0 bridgehead atoms. The minimum atomic E-state index is -1.32. The van der Waals surface area contributed by atoms with Gasteiger partial charge < -0.3 is 20.3 Å². The molecular formula is C10H17NO5. The van der Waals surface area contributed by atoms with Crippen molar-refractivity contribution < 1.29 is 24.5 Å². The van der Waals surface area contributed by atoms with E-state index in [4.69, 9.17) is 9.84 Å². The number of ether oxygens (including phenoxy) is 1. The molecule has 1 aliphatic rings. The van der Waals surface area contributed by atoms with Crippen LogP contribution in [0, 0.1) is 0 Å². The lowest BCUT2D eigenvalue weighted by atomic mass is 10.1. The van der Waals surface area contributed by atoms with Crippen LogP contribution in [0.25, 0.3) is 0 Å². The van der Waals surface area contributed by atoms with E-state index in [1.807, 2.05) is 0 Å². The topological polar surface area (TPSA) is 95.9 Å². The number of aliphatic carboxylic acids is 1. The van der Waals surface area contributed by atoms with Crippen LogP contribution in [-0.4, -0.2) is 39.5 Å². The molecule has 6 nitrogen and oxygen atoms in total. The molecule has 0 spiro atoms. The van der Waals surface area contributed by atoms with Crippen LogP contribution in [0.15, 0.2) is 0 Å². The lowest BCUT2D eigenvalue weighted by Crippen LogP contribution is -2.51. The van der Waals surface area contributed by atoms with E-state index in [2.05, 4.69) is 5.32 Å². The lowest BCUT2D eigenvalue weighted by Gasteiger charge is -2.24. The van der Waals surface area contributed by atoms with Crippen LogP contribution in [0.1, 0.15) is 33.6 Å². The zero-order valence-corrected chi connectivity index (χ0v) is 9.61. The molecular weight excluding hydrogens is 214 g/mol. The van der Waals surface area contributed by atoms with Crippen molar-refractivity contribution in [1.29, 1.82) is 0 Å². The highest BCUT2D eigenvalue weighted by Gasteiger charge is 2.52. The largest absolute Gasteiger partial charge is 0.480 e. The fourth-order valence-electron chi connectivity index (χ4n) is 1.27. The molecule has 3 N–H and O–H groups in total. The Hall–Kier alpha value is -1.30. The minimum Gasteiger partial charge on any atom is -0.480 e. The van der Waals surface area contributed by atoms with E-state index in [0.29, 0.717) is 12.8 Å². The van der Waals surface area contributed by atoms with E-state index >= 15 is 0 Å². The maximum absolute atomic E-state index is 11.3. The number of nitrogens with one attached hydrogen (secondary N) is 1. The van der Waals surface area contributed by atoms with Gasteiger partial charge in [-0.3, -0.25) is 0 Å². The van der Waals surface area contributed by atoms with Crippen LogP contribution in [0.3, 0.4) is 0 Å². The molecule has 0 aromatic rings. The highest BCUT2D eigenvalue weighted by atomic mass is 16.6. The SMILES string of the molecule is CC(C)(C)OC(=O)N[C@H](C(=O)O)C1(O)CC1. The first-order valence-corrected chi connectivity index (χ1v) is 5.09. The predicted octanol–water partition coefficient (Wildman–Crippen LogP) is 0.489. The van der Waals surface area contributed by atoms with Crippen molar-refractivity contribution in [2.24, 2.45) is 0 Å². The first kappa shape index (κ1) is 12.8. The molecule has 6 heteroatoms. The molecule has 1 aliphatic carbocycles. The number of aliphatic hydroxyl groups is 1. The van der Waals surface area contributed by atoms with Gasteiger partial charge in [-0.1, -0.05) is 0 Å². The quantitative estimate of drug-likeness (QED) is 0.657. The first-order chi connectivity index (χ1) is 7.14. The summed E-state index contributed by atoms with van der Waals surface area (Å²) in [6.07, 6.45) is -0.0836. The van der Waals surface area contributed by atoms with Gasteiger partial charge in [0.1, 0.15) is 5.60 Å². The summed E-state index contributed by atoms with van der Waals surface area (Å²) in [5.74, 6) is -1.26. The first-order valence-electron chi connectivity index (χ1n) is 5.09. The maximum atomic E-state index is 11.3. The molecule has 0 unspecified atom stereocenters. The normalized spacial score (nSPS) is 19.8. The van der Waals surface area contributed by atoms with E-state index in [0.717, 1.165) is 0 Å². The maximum Gasteiger partial charge on any atom is 0.408 e. The number of carbonyl (C=O) groups is 2. The van der Waals surface area contributed by atoms with E-state index < -0.39 is 29.3 Å². The Balaban J connectivity index is 2.57. The average molecular weight is 231 g/mol. The molecule has 0 saturated heterocycles. The van der Waals surface area contributed by atoms with E-state index in [-0.39, 0.29) is 0 Å². The second-order valence-corrected chi connectivity index (χ2v) is 5.02. The third-order valence-electron chi connectivity index (χ3n) is 2.21. The Kier molecular flexibility index (Phi) is 3.14. The number of hydrogen-bond donors (Lipinski definition) is 3. The van der Waals surface area contributed by atoms with Crippen LogP contribution >= 0.6 is 0 Å². The third kappa shape index (κ3) is 3.37. The van der Waals surface area contributed by atoms with Gasteiger partial charge in [-0.25, -0.2) is 9.59 Å². The summed E-state index contributed by atoms with van der Waals surface area (Å²) in [6.45, 7) is 5.02. The van der Waals surface area contributed by atoms with Gasteiger partial charge >= 0.3 is 12.1 Å². The van der Waals surface area contributed by atoms with E-state index in [1.165, 1.54) is 0 Å². The number of carbonyl (C=O) groups excluding carboxylic acids is 1. The summed E-state index contributed by atoms with van der Waals surface area (Å²) in [6, 6.07) is -1.30. The van der Waals surface area contributed by atoms with Gasteiger partial charge in [-0.05, 0) is 33.6 Å². The third-order valence-corrected chi connectivity index (χ3v) is 2.21. The molecule has 16 heavy (non-hydrogen) atoms. The molecule has 0 aromatic heterocycles. The number of alkyl carbamates (subject to hydrolysis) is 1. The minimum absolute atomic E-state index is 0.375. The molecule has 1 saturated carbocycles. The van der Waals surface area contributed by atoms with Crippen molar-refractivity contribution in [2.75, 3.05) is 0 Å². The highest BCUT2D eigenvalue weighted by Crippen LogP contribution is 2.38. The van der Waals surface area contributed by atoms with Gasteiger partial charge in [-0.2, -0.15) is 0 Å². The van der Waals surface area contributed by atoms with Crippen molar-refractivity contribution in [3.05, 3.63) is 0 Å². The number of carboxylic acids is 1. The zero-order valence-electron chi connectivity index (χ0n) is 9.61. The van der Waals surface area contributed by atoms with Gasteiger partial charge in [0.25, 0.3) is 0 Å². The number of rotatable bonds is 3. The van der Waals surface area contributed by atoms with Gasteiger partial charge in [0.2, 0.25) is 0 Å². The van der Waals surface area contributed by atoms with Crippen LogP contribution < -0.4 is 5.32 Å². The predicted molar refractivity (Wildman–Crippen MR) is 55.0 cm³/mol. The van der Waals surface area contributed by atoms with Gasteiger partial charge in [0, 0.05) is 0 Å². The number of hydrogen-bond acceptors (Lipinski definition) is 4. The second kappa shape index (κ2) is 3.93. The Bertz CT molecular complexity index is 303. The summed E-state index contributed by atoms with van der Waals surface area (Å²) in [4.78, 5) is 22.2. The molecule has 1 atom stereocenters. The Morgan fingerprint density at radius 2 is 1.88 bits per heavy atom. The fourth-order valence-corrected chi connectivity index (χ4v) is 1.27. The standard InChI is InChI=1S/C10H17NO5/c1-9(2,3)16-8(14)11-6(7(12)13)10(15)4-5-10/h6,15H,4-5H2,1-3H3,(H,11,14)(H,12,13)/t6-/m1/s1. The molecule has 92 valence electrons. The number of carboxylic acid groups (broad SMARTS) is 1. The molecule has 0 heterocycles. The van der Waals surface area contributed by atoms with Crippen molar-refractivity contribution in [3.8, 4) is 0 Å². The molecule has 1 rings (SSSR count). The van der Waals surface area contributed by atoms with E-state index in [1.54, 1.807) is 20.8 Å². The van der Waals surface area contributed by atoms with Gasteiger partial charge in [0.15, 0.2) is 6.04 Å². The molecule has 0 aromatic carbocycles. The van der Waals surface area contributed by atoms with Crippen molar-refractivity contribution in [1.82, 2.24) is 5.32 Å².